The van der Waals surface area contributed by atoms with Gasteiger partial charge < -0.3 is 14.8 Å². The lowest BCUT2D eigenvalue weighted by Gasteiger charge is -2.32. The molecule has 1 amide bonds. The van der Waals surface area contributed by atoms with Crippen LogP contribution in [0.4, 0.5) is 5.69 Å². The van der Waals surface area contributed by atoms with E-state index in [9.17, 15) is 4.79 Å². The average Bonchev–Trinajstić information content (AvgIpc) is 3.33. The summed E-state index contributed by atoms with van der Waals surface area (Å²) in [5, 5.41) is 5.80. The number of hydrogen-bond donors (Lipinski definition) is 1. The third-order valence-corrected chi connectivity index (χ3v) is 6.79. The molecule has 0 fully saturated rings. The molecule has 1 aliphatic heterocycles. The highest BCUT2D eigenvalue weighted by Crippen LogP contribution is 2.35. The summed E-state index contributed by atoms with van der Waals surface area (Å²) in [6.45, 7) is 5.86. The summed E-state index contributed by atoms with van der Waals surface area (Å²) < 4.78 is 2.28. The van der Waals surface area contributed by atoms with E-state index in [4.69, 9.17) is 0 Å². The summed E-state index contributed by atoms with van der Waals surface area (Å²) in [5.74, 6) is 0.127. The summed E-state index contributed by atoms with van der Waals surface area (Å²) >= 11 is 0. The van der Waals surface area contributed by atoms with Gasteiger partial charge in [0.05, 0.1) is 28.7 Å². The van der Waals surface area contributed by atoms with Crippen LogP contribution < -0.4 is 15.9 Å². The van der Waals surface area contributed by atoms with Crippen LogP contribution in [0, 0.1) is 12.8 Å². The van der Waals surface area contributed by atoms with Crippen molar-refractivity contribution in [2.45, 2.75) is 45.6 Å². The highest BCUT2D eigenvalue weighted by molar-refractivity contribution is 5.85. The van der Waals surface area contributed by atoms with Crippen molar-refractivity contribution in [1.82, 2.24) is 14.5 Å². The molecule has 0 spiro atoms. The van der Waals surface area contributed by atoms with Gasteiger partial charge in [0.15, 0.2) is 0 Å². The third-order valence-electron chi connectivity index (χ3n) is 6.79. The topological polar surface area (TPSA) is 50.2 Å². The number of nitrogens with zero attached hydrogens (tertiary/aromatic N) is 3. The Hall–Kier alpha value is -3.34. The minimum Gasteiger partial charge on any atom is -0.375 e. The Morgan fingerprint density at radius 1 is 1.21 bits per heavy atom. The number of aromatic nitrogens is 2. The molecule has 1 N–H and O–H groups in total. The number of pyridine rings is 1. The zero-order valence-electron chi connectivity index (χ0n) is 19.5. The Morgan fingerprint density at radius 2 is 2.12 bits per heavy atom. The monoisotopic (exact) mass is 440 g/mol. The Labute approximate surface area is 195 Å². The predicted octanol–water partition coefficient (Wildman–Crippen LogP) is 3.95. The maximum Gasteiger partial charge on any atom is 0.229 e. The number of hydrogen-bond acceptors (Lipinski definition) is 3. The molecule has 1 aliphatic carbocycles. The van der Waals surface area contributed by atoms with Crippen LogP contribution in [0.1, 0.15) is 49.9 Å². The van der Waals surface area contributed by atoms with Crippen molar-refractivity contribution in [2.24, 2.45) is 5.92 Å². The van der Waals surface area contributed by atoms with Crippen LogP contribution in [0.25, 0.3) is 17.8 Å². The van der Waals surface area contributed by atoms with Crippen molar-refractivity contribution in [3.8, 4) is 5.69 Å². The summed E-state index contributed by atoms with van der Waals surface area (Å²) in [6, 6.07) is 15.0. The Morgan fingerprint density at radius 3 is 3.00 bits per heavy atom. The number of anilines is 1. The van der Waals surface area contributed by atoms with Gasteiger partial charge in [-0.15, -0.1) is 0 Å². The highest BCUT2D eigenvalue weighted by atomic mass is 16.2. The van der Waals surface area contributed by atoms with E-state index in [1.807, 2.05) is 18.3 Å². The van der Waals surface area contributed by atoms with Gasteiger partial charge in [-0.25, -0.2) is 0 Å². The van der Waals surface area contributed by atoms with Crippen molar-refractivity contribution in [3.05, 3.63) is 76.7 Å². The lowest BCUT2D eigenvalue weighted by molar-refractivity contribution is -0.133. The maximum atomic E-state index is 13.6. The number of aryl methyl sites for hydroxylation is 1. The van der Waals surface area contributed by atoms with E-state index in [0.717, 1.165) is 55.0 Å². The van der Waals surface area contributed by atoms with Gasteiger partial charge in [-0.3, -0.25) is 9.78 Å². The summed E-state index contributed by atoms with van der Waals surface area (Å²) in [4.78, 5) is 20.1. The molecule has 1 aromatic carbocycles. The van der Waals surface area contributed by atoms with Crippen LogP contribution >= 0.6 is 0 Å². The first kappa shape index (κ1) is 21.5. The number of carbonyl (C=O) groups is 1. The van der Waals surface area contributed by atoms with Gasteiger partial charge in [0.2, 0.25) is 5.91 Å². The zero-order chi connectivity index (χ0) is 22.8. The normalized spacial score (nSPS) is 18.1. The second-order valence-electron chi connectivity index (χ2n) is 9.18. The molecule has 0 saturated heterocycles. The number of benzene rings is 1. The van der Waals surface area contributed by atoms with Crippen molar-refractivity contribution in [1.29, 1.82) is 0 Å². The molecular weight excluding hydrogens is 408 g/mol. The molecule has 2 aliphatic rings. The fourth-order valence-electron chi connectivity index (χ4n) is 4.99. The predicted molar refractivity (Wildman–Crippen MR) is 133 cm³/mol. The zero-order valence-corrected chi connectivity index (χ0v) is 19.5. The molecule has 33 heavy (non-hydrogen) atoms. The van der Waals surface area contributed by atoms with Gasteiger partial charge >= 0.3 is 0 Å². The molecule has 170 valence electrons. The quantitative estimate of drug-likeness (QED) is 0.605. The number of nitrogens with one attached hydrogen (secondary N) is 1. The van der Waals surface area contributed by atoms with Gasteiger partial charge in [0.25, 0.3) is 0 Å². The second-order valence-corrected chi connectivity index (χ2v) is 9.18. The molecule has 0 radical (unpaired) electrons. The van der Waals surface area contributed by atoms with E-state index in [0.29, 0.717) is 0 Å². The number of amides is 1. The van der Waals surface area contributed by atoms with Crippen LogP contribution in [0.5, 0.6) is 0 Å². The molecule has 0 bridgehead atoms. The van der Waals surface area contributed by atoms with Crippen LogP contribution in [0.3, 0.4) is 0 Å². The number of fused-ring (bicyclic) bond motifs is 4. The fraction of sp³-hybridized carbons (Fsp3) is 0.357. The first-order valence-corrected chi connectivity index (χ1v) is 12.1. The molecular formula is C28H32N4O. The summed E-state index contributed by atoms with van der Waals surface area (Å²) in [7, 11) is 0. The molecule has 2 aromatic heterocycles. The Bertz CT molecular complexity index is 1280. The summed E-state index contributed by atoms with van der Waals surface area (Å²) in [5.41, 5.74) is 4.85. The van der Waals surface area contributed by atoms with Crippen molar-refractivity contribution < 1.29 is 4.79 Å². The van der Waals surface area contributed by atoms with Crippen LogP contribution in [-0.2, 0) is 4.79 Å². The molecule has 3 aromatic rings. The third kappa shape index (κ3) is 4.32. The smallest absolute Gasteiger partial charge is 0.229 e. The van der Waals surface area contributed by atoms with E-state index in [1.165, 1.54) is 16.9 Å². The standard InChI is InChI=1S/C28H32N4O/c1-3-4-15-31(28(33)22-10-11-23-21(19-22)7-5-14-29-23)17-13-24-26-8-6-16-32(26)27-12-9-20(2)18-25(27)30-24/h5-9,11-12,14,16,18-19,22,24,30H,3-4,10,13,15,17H2,1-2H3. The van der Waals surface area contributed by atoms with Crippen molar-refractivity contribution in [3.63, 3.8) is 0 Å². The first-order valence-electron chi connectivity index (χ1n) is 12.1. The van der Waals surface area contributed by atoms with E-state index in [1.54, 1.807) is 0 Å². The second kappa shape index (κ2) is 9.26. The van der Waals surface area contributed by atoms with Gasteiger partial charge in [-0.2, -0.15) is 0 Å². The fourth-order valence-corrected chi connectivity index (χ4v) is 4.99. The van der Waals surface area contributed by atoms with Crippen LogP contribution in [-0.4, -0.2) is 33.4 Å². The van der Waals surface area contributed by atoms with Crippen molar-refractivity contribution in [2.75, 3.05) is 18.4 Å². The number of unbranched alkanes of at least 4 members (excludes halogenated alkanes) is 1. The van der Waals surface area contributed by atoms with Crippen LogP contribution in [0.15, 0.2) is 54.9 Å². The SMILES string of the molecule is CCCCN(CCC1Nc2cc(C)ccc2-n2cccc21)C(=O)C1C=c2cccnc2=CC1. The van der Waals surface area contributed by atoms with Gasteiger partial charge in [0.1, 0.15) is 0 Å². The van der Waals surface area contributed by atoms with E-state index < -0.39 is 0 Å². The molecule has 5 heteroatoms. The van der Waals surface area contributed by atoms with E-state index in [-0.39, 0.29) is 17.9 Å². The molecule has 0 saturated carbocycles. The van der Waals surface area contributed by atoms with Crippen molar-refractivity contribution >= 4 is 23.7 Å². The van der Waals surface area contributed by atoms with E-state index >= 15 is 0 Å². The lowest BCUT2D eigenvalue weighted by atomic mass is 9.97. The molecule has 5 rings (SSSR count). The van der Waals surface area contributed by atoms with Gasteiger partial charge in [-0.05, 0) is 67.3 Å². The number of rotatable bonds is 7. The minimum absolute atomic E-state index is 0.106. The van der Waals surface area contributed by atoms with Crippen LogP contribution in [0.2, 0.25) is 0 Å². The minimum atomic E-state index is -0.106. The maximum absolute atomic E-state index is 13.6. The van der Waals surface area contributed by atoms with Gasteiger partial charge in [-0.1, -0.05) is 37.6 Å². The Balaban J connectivity index is 1.34. The molecule has 2 unspecified atom stereocenters. The lowest BCUT2D eigenvalue weighted by Crippen LogP contribution is -2.41. The first-order chi connectivity index (χ1) is 16.1. The van der Waals surface area contributed by atoms with Gasteiger partial charge in [0, 0.05) is 31.2 Å². The highest BCUT2D eigenvalue weighted by Gasteiger charge is 2.27. The Kier molecular flexibility index (Phi) is 6.03. The largest absolute Gasteiger partial charge is 0.375 e. The molecule has 5 nitrogen and oxygen atoms in total. The molecule has 2 atom stereocenters. The number of carbonyl (C=O) groups excluding carboxylic acids is 1. The summed E-state index contributed by atoms with van der Waals surface area (Å²) in [6.07, 6.45) is 11.9. The average molecular weight is 441 g/mol. The van der Waals surface area contributed by atoms with E-state index in [2.05, 4.69) is 82.3 Å². The molecule has 3 heterocycles.